The Hall–Kier alpha value is -1.55. The summed E-state index contributed by atoms with van der Waals surface area (Å²) < 4.78 is 30.1. The second-order valence-electron chi connectivity index (χ2n) is 8.42. The van der Waals surface area contributed by atoms with Crippen LogP contribution in [0.25, 0.3) is 10.8 Å². The second kappa shape index (κ2) is 14.5. The van der Waals surface area contributed by atoms with Gasteiger partial charge in [-0.25, -0.2) is 0 Å². The van der Waals surface area contributed by atoms with Crippen LogP contribution < -0.4 is 4.18 Å². The van der Waals surface area contributed by atoms with Crippen molar-refractivity contribution < 1.29 is 12.6 Å². The largest absolute Gasteiger partial charge is 0.382 e. The summed E-state index contributed by atoms with van der Waals surface area (Å²) in [6.07, 6.45) is 17.6. The van der Waals surface area contributed by atoms with Crippen LogP contribution in [0, 0.1) is 0 Å². The highest BCUT2D eigenvalue weighted by Gasteiger charge is 2.14. The van der Waals surface area contributed by atoms with Crippen molar-refractivity contribution in [3.63, 3.8) is 0 Å². The van der Waals surface area contributed by atoms with E-state index in [9.17, 15) is 8.42 Å². The molecule has 0 aliphatic carbocycles. The maximum atomic E-state index is 12.3. The van der Waals surface area contributed by atoms with Crippen LogP contribution in [0.2, 0.25) is 0 Å². The molecule has 0 atom stereocenters. The fraction of sp³-hybridized carbons (Fsp3) is 0.615. The minimum Gasteiger partial charge on any atom is -0.382 e. The van der Waals surface area contributed by atoms with Crippen molar-refractivity contribution in [2.24, 2.45) is 0 Å². The molecule has 3 nitrogen and oxygen atoms in total. The van der Waals surface area contributed by atoms with E-state index < -0.39 is 10.1 Å². The smallest absolute Gasteiger partial charge is 0.309 e. The summed E-state index contributed by atoms with van der Waals surface area (Å²) in [6.45, 7) is 2.26. The summed E-state index contributed by atoms with van der Waals surface area (Å²) in [4.78, 5) is 0. The second-order valence-corrected chi connectivity index (χ2v) is 10.1. The lowest BCUT2D eigenvalue weighted by Crippen LogP contribution is -2.14. The maximum absolute atomic E-state index is 12.3. The zero-order valence-electron chi connectivity index (χ0n) is 18.8. The van der Waals surface area contributed by atoms with Gasteiger partial charge in [-0.1, -0.05) is 127 Å². The zero-order valence-corrected chi connectivity index (χ0v) is 19.6. The molecule has 0 radical (unpaired) electrons. The van der Waals surface area contributed by atoms with E-state index in [0.717, 1.165) is 23.6 Å². The molecular formula is C26H40O3S. The van der Waals surface area contributed by atoms with Crippen molar-refractivity contribution >= 4 is 20.9 Å². The van der Waals surface area contributed by atoms with Gasteiger partial charge in [-0.2, -0.15) is 8.42 Å². The highest BCUT2D eigenvalue weighted by Crippen LogP contribution is 2.26. The summed E-state index contributed by atoms with van der Waals surface area (Å²) >= 11 is 0. The summed E-state index contributed by atoms with van der Waals surface area (Å²) in [5.74, 6) is 0.521. The van der Waals surface area contributed by atoms with E-state index in [0.29, 0.717) is 12.2 Å². The maximum Gasteiger partial charge on any atom is 0.309 e. The van der Waals surface area contributed by atoms with Gasteiger partial charge in [0.15, 0.2) is 0 Å². The van der Waals surface area contributed by atoms with E-state index in [1.54, 1.807) is 6.07 Å². The van der Waals surface area contributed by atoms with E-state index >= 15 is 0 Å². The van der Waals surface area contributed by atoms with Crippen LogP contribution in [0.5, 0.6) is 5.75 Å². The Morgan fingerprint density at radius 2 is 1.13 bits per heavy atom. The van der Waals surface area contributed by atoms with Crippen LogP contribution in [0.15, 0.2) is 42.5 Å². The first-order chi connectivity index (χ1) is 14.6. The summed E-state index contributed by atoms with van der Waals surface area (Å²) in [7, 11) is -3.54. The van der Waals surface area contributed by atoms with Crippen molar-refractivity contribution in [2.75, 3.05) is 5.75 Å². The quantitative estimate of drug-likeness (QED) is 0.188. The van der Waals surface area contributed by atoms with Gasteiger partial charge in [0, 0.05) is 5.39 Å². The lowest BCUT2D eigenvalue weighted by Gasteiger charge is -2.09. The molecule has 2 aromatic carbocycles. The van der Waals surface area contributed by atoms with Crippen molar-refractivity contribution in [1.82, 2.24) is 0 Å². The van der Waals surface area contributed by atoms with Crippen molar-refractivity contribution in [1.29, 1.82) is 0 Å². The topological polar surface area (TPSA) is 43.4 Å². The third kappa shape index (κ3) is 9.97. The third-order valence-electron chi connectivity index (χ3n) is 5.71. The zero-order chi connectivity index (χ0) is 21.5. The Morgan fingerprint density at radius 3 is 1.73 bits per heavy atom. The fourth-order valence-electron chi connectivity index (χ4n) is 3.92. The average molecular weight is 433 g/mol. The predicted octanol–water partition coefficient (Wildman–Crippen LogP) is 8.03. The van der Waals surface area contributed by atoms with Crippen LogP contribution in [0.3, 0.4) is 0 Å². The average Bonchev–Trinajstić information content (AvgIpc) is 2.74. The fourth-order valence-corrected chi connectivity index (χ4v) is 4.98. The first-order valence-electron chi connectivity index (χ1n) is 12.0. The van der Waals surface area contributed by atoms with Gasteiger partial charge in [0.1, 0.15) is 5.75 Å². The molecule has 0 amide bonds. The molecular weight excluding hydrogens is 392 g/mol. The van der Waals surface area contributed by atoms with Gasteiger partial charge < -0.3 is 4.18 Å². The third-order valence-corrected chi connectivity index (χ3v) is 6.94. The number of fused-ring (bicyclic) bond motifs is 1. The molecule has 2 aromatic rings. The van der Waals surface area contributed by atoms with Crippen molar-refractivity contribution in [3.05, 3.63) is 42.5 Å². The molecule has 0 spiro atoms. The van der Waals surface area contributed by atoms with Gasteiger partial charge in [-0.3, -0.25) is 0 Å². The Kier molecular flexibility index (Phi) is 11.9. The lowest BCUT2D eigenvalue weighted by molar-refractivity contribution is 0.483. The molecule has 0 aromatic heterocycles. The van der Waals surface area contributed by atoms with Crippen LogP contribution >= 0.6 is 0 Å². The van der Waals surface area contributed by atoms with Gasteiger partial charge in [-0.15, -0.1) is 0 Å². The van der Waals surface area contributed by atoms with Crippen molar-refractivity contribution in [3.8, 4) is 5.75 Å². The molecule has 0 fully saturated rings. The number of hydrogen-bond acceptors (Lipinski definition) is 3. The van der Waals surface area contributed by atoms with Gasteiger partial charge in [-0.05, 0) is 17.9 Å². The minimum absolute atomic E-state index is 0.0915. The van der Waals surface area contributed by atoms with E-state index in [1.165, 1.54) is 70.6 Å². The summed E-state index contributed by atoms with van der Waals surface area (Å²) in [5, 5.41) is 1.83. The molecule has 0 unspecified atom stereocenters. The SMILES string of the molecule is CCCCCCCCCCCCCCCCS(=O)(=O)Oc1cccc2ccccc12. The summed E-state index contributed by atoms with van der Waals surface area (Å²) in [5.41, 5.74) is 0. The number of benzene rings is 2. The molecule has 0 N–H and O–H groups in total. The Labute approximate surface area is 184 Å². The normalized spacial score (nSPS) is 11.8. The number of rotatable bonds is 17. The standard InChI is InChI=1S/C26H40O3S/c1-2-3-4-5-6-7-8-9-10-11-12-13-14-17-23-30(27,28)29-26-22-18-20-24-19-15-16-21-25(24)26/h15-16,18-22H,2-14,17,23H2,1H3. The number of unbranched alkanes of at least 4 members (excludes halogenated alkanes) is 13. The monoisotopic (exact) mass is 432 g/mol. The van der Waals surface area contributed by atoms with Crippen LogP contribution in [0.1, 0.15) is 96.8 Å². The molecule has 30 heavy (non-hydrogen) atoms. The van der Waals surface area contributed by atoms with Gasteiger partial charge in [0.2, 0.25) is 0 Å². The van der Waals surface area contributed by atoms with E-state index in [2.05, 4.69) is 6.92 Å². The van der Waals surface area contributed by atoms with Crippen LogP contribution in [-0.2, 0) is 10.1 Å². The highest BCUT2D eigenvalue weighted by atomic mass is 32.2. The van der Waals surface area contributed by atoms with Gasteiger partial charge >= 0.3 is 10.1 Å². The highest BCUT2D eigenvalue weighted by molar-refractivity contribution is 7.87. The molecule has 2 rings (SSSR count). The first kappa shape index (κ1) is 24.7. The molecule has 0 saturated heterocycles. The van der Waals surface area contributed by atoms with Crippen LogP contribution in [0.4, 0.5) is 0 Å². The summed E-state index contributed by atoms with van der Waals surface area (Å²) in [6, 6.07) is 13.2. The van der Waals surface area contributed by atoms with Gasteiger partial charge in [0.05, 0.1) is 5.75 Å². The molecule has 4 heteroatoms. The minimum atomic E-state index is -3.54. The van der Waals surface area contributed by atoms with Crippen molar-refractivity contribution in [2.45, 2.75) is 96.8 Å². The molecule has 0 aliphatic heterocycles. The molecule has 0 aliphatic rings. The van der Waals surface area contributed by atoms with E-state index in [-0.39, 0.29) is 5.75 Å². The Balaban J connectivity index is 1.51. The Bertz CT molecular complexity index is 809. The number of hydrogen-bond donors (Lipinski definition) is 0. The Morgan fingerprint density at radius 1 is 0.633 bits per heavy atom. The van der Waals surface area contributed by atoms with Crippen LogP contribution in [-0.4, -0.2) is 14.2 Å². The predicted molar refractivity (Wildman–Crippen MR) is 129 cm³/mol. The molecule has 168 valence electrons. The van der Waals surface area contributed by atoms with E-state index in [1.807, 2.05) is 36.4 Å². The molecule has 0 bridgehead atoms. The molecule has 0 saturated carbocycles. The van der Waals surface area contributed by atoms with Gasteiger partial charge in [0.25, 0.3) is 0 Å². The lowest BCUT2D eigenvalue weighted by atomic mass is 10.0. The van der Waals surface area contributed by atoms with E-state index in [4.69, 9.17) is 4.18 Å². The first-order valence-corrected chi connectivity index (χ1v) is 13.6. The molecule has 0 heterocycles.